The van der Waals surface area contributed by atoms with Crippen LogP contribution >= 0.6 is 11.6 Å². The number of nitrogens with zero attached hydrogens (tertiary/aromatic N) is 3. The Kier molecular flexibility index (Phi) is 20.7. The average molecular weight is 1140 g/mol. The van der Waals surface area contributed by atoms with Gasteiger partial charge in [0.2, 0.25) is 5.91 Å². The first-order valence-corrected chi connectivity index (χ1v) is 28.7. The average Bonchev–Trinajstić information content (AvgIpc) is 3.78. The second-order valence-electron chi connectivity index (χ2n) is 24.1. The molecule has 1 amide bonds. The first-order chi connectivity index (χ1) is 37.5. The molecule has 2 aromatic carbocycles. The van der Waals surface area contributed by atoms with Crippen molar-refractivity contribution < 1.29 is 72.7 Å². The summed E-state index contributed by atoms with van der Waals surface area (Å²) in [4.78, 5) is 36.4. The van der Waals surface area contributed by atoms with Gasteiger partial charge in [-0.15, -0.1) is 0 Å². The quantitative estimate of drug-likeness (QED) is 0.0557. The number of aryl methyl sites for hydroxylation is 1. The number of nitrogens with one attached hydrogen (secondary N) is 2. The number of oxazole rings is 1. The number of aliphatic hydroxyl groups excluding tert-OH is 2. The van der Waals surface area contributed by atoms with E-state index in [-0.39, 0.29) is 75.7 Å². The summed E-state index contributed by atoms with van der Waals surface area (Å²) in [5.41, 5.74) is -4.46. The van der Waals surface area contributed by atoms with E-state index >= 15 is 0 Å². The van der Waals surface area contributed by atoms with Gasteiger partial charge in [0.1, 0.15) is 52.3 Å². The van der Waals surface area contributed by atoms with Crippen LogP contribution in [0.2, 0.25) is 5.02 Å². The third kappa shape index (κ3) is 13.7. The van der Waals surface area contributed by atoms with Crippen molar-refractivity contribution in [2.75, 3.05) is 54.4 Å². The summed E-state index contributed by atoms with van der Waals surface area (Å²) in [5.74, 6) is -1.03. The van der Waals surface area contributed by atoms with Gasteiger partial charge in [0.05, 0.1) is 41.5 Å². The summed E-state index contributed by atoms with van der Waals surface area (Å²) in [6, 6.07) is 11.9. The molecule has 0 unspecified atom stereocenters. The van der Waals surface area contributed by atoms with Gasteiger partial charge < -0.3 is 83.5 Å². The second kappa shape index (κ2) is 26.0. The fourth-order valence-corrected chi connectivity index (χ4v) is 12.7. The highest BCUT2D eigenvalue weighted by Gasteiger charge is 2.58. The number of hydrogen-bond acceptors (Lipinski definition) is 19. The molecule has 0 saturated carbocycles. The van der Waals surface area contributed by atoms with E-state index in [0.29, 0.717) is 52.4 Å². The van der Waals surface area contributed by atoms with E-state index in [4.69, 9.17) is 54.2 Å². The summed E-state index contributed by atoms with van der Waals surface area (Å²) in [6.45, 7) is 18.4. The summed E-state index contributed by atoms with van der Waals surface area (Å²) in [5, 5.41) is 67.5. The van der Waals surface area contributed by atoms with Crippen molar-refractivity contribution in [1.29, 1.82) is 0 Å². The highest BCUT2D eigenvalue weighted by molar-refractivity contribution is 6.31. The number of aromatic nitrogens is 1. The van der Waals surface area contributed by atoms with Crippen molar-refractivity contribution in [3.8, 4) is 34.1 Å². The van der Waals surface area contributed by atoms with Crippen LogP contribution in [-0.2, 0) is 44.4 Å². The highest BCUT2D eigenvalue weighted by atomic mass is 35.5. The molecular formula is C59H90ClN5O15. The molecule has 21 heteroatoms. The van der Waals surface area contributed by atoms with Crippen molar-refractivity contribution in [2.24, 2.45) is 17.8 Å². The van der Waals surface area contributed by atoms with E-state index < -0.39 is 95.5 Å². The van der Waals surface area contributed by atoms with Crippen LogP contribution in [0.3, 0.4) is 0 Å². The molecule has 4 aliphatic rings. The number of para-hydroxylation sites is 1. The third-order valence-corrected chi connectivity index (χ3v) is 17.7. The zero-order valence-corrected chi connectivity index (χ0v) is 50.0. The number of cyclic esters (lactones) is 1. The van der Waals surface area contributed by atoms with E-state index in [2.05, 4.69) is 10.6 Å². The molecule has 0 bridgehead atoms. The van der Waals surface area contributed by atoms with Gasteiger partial charge in [-0.05, 0) is 125 Å². The number of ether oxygens (including phenoxy) is 7. The Balaban J connectivity index is 1.06. The molecule has 0 spiro atoms. The molecule has 3 saturated heterocycles. The Labute approximate surface area is 477 Å². The molecule has 18 atom stereocenters. The first-order valence-electron chi connectivity index (χ1n) is 28.4. The molecule has 7 N–H and O–H groups in total. The third-order valence-electron chi connectivity index (χ3n) is 17.5. The lowest BCUT2D eigenvalue weighted by Gasteiger charge is -2.53. The number of amides is 1. The van der Waals surface area contributed by atoms with E-state index in [1.165, 1.54) is 14.0 Å². The smallest absolute Gasteiger partial charge is 0.311 e. The Morgan fingerprint density at radius 2 is 1.65 bits per heavy atom. The molecule has 0 aliphatic carbocycles. The van der Waals surface area contributed by atoms with Crippen molar-refractivity contribution >= 4 is 23.5 Å². The van der Waals surface area contributed by atoms with Crippen molar-refractivity contribution in [2.45, 2.75) is 198 Å². The van der Waals surface area contributed by atoms with Crippen LogP contribution in [0.1, 0.15) is 107 Å². The molecule has 3 aromatic rings. The van der Waals surface area contributed by atoms with E-state index in [1.807, 2.05) is 69.1 Å². The zero-order valence-electron chi connectivity index (χ0n) is 49.2. The maximum atomic E-state index is 14.6. The van der Waals surface area contributed by atoms with Gasteiger partial charge in [0.15, 0.2) is 24.2 Å². The van der Waals surface area contributed by atoms with Gasteiger partial charge in [-0.3, -0.25) is 9.59 Å². The van der Waals surface area contributed by atoms with Gasteiger partial charge >= 0.3 is 5.97 Å². The fraction of sp³-hybridized carbons (Fsp3) is 0.712. The number of carbonyl (C=O) groups is 2. The molecule has 20 nitrogen and oxygen atoms in total. The van der Waals surface area contributed by atoms with Crippen LogP contribution < -0.4 is 15.4 Å². The topological polar surface area (TPSA) is 256 Å². The largest absolute Gasteiger partial charge is 0.459 e. The fourth-order valence-electron chi connectivity index (χ4n) is 12.5. The van der Waals surface area contributed by atoms with Crippen LogP contribution in [0.15, 0.2) is 46.9 Å². The van der Waals surface area contributed by atoms with E-state index in [1.54, 1.807) is 66.7 Å². The number of rotatable bonds is 15. The summed E-state index contributed by atoms with van der Waals surface area (Å²) >= 11 is 6.38. The van der Waals surface area contributed by atoms with Crippen LogP contribution in [0.4, 0.5) is 0 Å². The van der Waals surface area contributed by atoms with Gasteiger partial charge in [0, 0.05) is 81.1 Å². The minimum absolute atomic E-state index is 0.00670. The normalized spacial score (nSPS) is 37.5. The predicted octanol–water partition coefficient (Wildman–Crippen LogP) is 5.69. The van der Waals surface area contributed by atoms with Crippen LogP contribution in [0.5, 0.6) is 11.5 Å². The number of esters is 1. The predicted molar refractivity (Wildman–Crippen MR) is 300 cm³/mol. The lowest BCUT2D eigenvalue weighted by Crippen LogP contribution is -2.70. The minimum atomic E-state index is -1.87. The molecule has 5 heterocycles. The SMILES string of the molecule is CC[C@H]1OC(=O)[C@H](C)[C@@H](O[C@@H]2C[C@@](C)(OC)[C@](O)(CNCCNC(=O)CCc3nc4c(o3)-c3cc(Cl)ccc3Oc3ccccc3-4)[C@@H](C)O2)[C@H](C)[C@@H](O[C@@H]2O[C@H](C)C[C@H](N(C)C)[C@H]2O)[C@](C)(O)C[C@@H](C)CN(C)[C@H](C)[C@@H](O)[C@]1(C)O. The number of fused-ring (bicyclic) bond motifs is 5. The molecule has 448 valence electrons. The molecule has 7 rings (SSSR count). The van der Waals surface area contributed by atoms with Crippen LogP contribution in [0.25, 0.3) is 22.6 Å². The monoisotopic (exact) mass is 1140 g/mol. The number of likely N-dealkylation sites (N-methyl/N-ethyl adjacent to an activating group) is 2. The van der Waals surface area contributed by atoms with Crippen molar-refractivity contribution in [1.82, 2.24) is 25.4 Å². The second-order valence-corrected chi connectivity index (χ2v) is 24.5. The van der Waals surface area contributed by atoms with E-state index in [9.17, 15) is 35.1 Å². The van der Waals surface area contributed by atoms with Crippen LogP contribution in [-0.4, -0.2) is 196 Å². The summed E-state index contributed by atoms with van der Waals surface area (Å²) < 4.78 is 51.4. The Morgan fingerprint density at radius 1 is 0.950 bits per heavy atom. The molecule has 3 fully saturated rings. The lowest BCUT2D eigenvalue weighted by atomic mass is 9.75. The Morgan fingerprint density at radius 3 is 2.34 bits per heavy atom. The van der Waals surface area contributed by atoms with Gasteiger partial charge in [-0.25, -0.2) is 4.98 Å². The first kappa shape index (κ1) is 63.7. The number of methoxy groups -OCH3 is 1. The lowest BCUT2D eigenvalue weighted by molar-refractivity contribution is -0.336. The van der Waals surface area contributed by atoms with Crippen molar-refractivity contribution in [3.63, 3.8) is 0 Å². The number of halogens is 1. The molecule has 80 heavy (non-hydrogen) atoms. The summed E-state index contributed by atoms with van der Waals surface area (Å²) in [6.07, 6.45) is -8.16. The van der Waals surface area contributed by atoms with Crippen LogP contribution in [0, 0.1) is 17.8 Å². The number of hydrogen-bond donors (Lipinski definition) is 7. The Hall–Kier alpha value is -3.84. The van der Waals surface area contributed by atoms with Crippen molar-refractivity contribution in [3.05, 3.63) is 53.4 Å². The minimum Gasteiger partial charge on any atom is -0.459 e. The maximum absolute atomic E-state index is 14.6. The van der Waals surface area contributed by atoms with E-state index in [0.717, 1.165) is 5.56 Å². The van der Waals surface area contributed by atoms with Gasteiger partial charge in [-0.2, -0.15) is 0 Å². The molecular weight excluding hydrogens is 1050 g/mol. The molecule has 4 aliphatic heterocycles. The number of aliphatic hydroxyl groups is 5. The zero-order chi connectivity index (χ0) is 58.8. The number of carbonyl (C=O) groups excluding carboxylic acids is 2. The van der Waals surface area contributed by atoms with Gasteiger partial charge in [-0.1, -0.05) is 44.5 Å². The van der Waals surface area contributed by atoms with Gasteiger partial charge in [0.25, 0.3) is 0 Å². The molecule has 1 aromatic heterocycles. The highest BCUT2D eigenvalue weighted by Crippen LogP contribution is 2.48. The Bertz CT molecular complexity index is 2570. The maximum Gasteiger partial charge on any atom is 0.311 e. The molecule has 0 radical (unpaired) electrons. The standard InChI is InChI=1S/C59H90ClN5O15/c1-15-44-58(10,71)52(68)36(6)65(13)30-32(2)28-56(8,70)53(80-55-49(67)41(64(11)12)26-33(3)74-55)34(4)50(35(5)54(69)77-44)79-47-29-57(9,73-14)59(72,37(7)75-47)31-61-24-25-62-45(66)22-23-46-63-48-39-18-16-17-19-42(39)76-43-21-20-38(60)27-40(43)51(48)78-46/h16-21,27,32-37,41,44,47,49-50,52-53,55,61,67-68,70-72H,15,22-26,28-31H2,1-14H3,(H,62,66)/t32-,33-,34+,35-,36-,37-,41+,44-,47-,49-,50+,52-,53-,55+,56-,57-,58-,59+/m1/s1. The summed E-state index contributed by atoms with van der Waals surface area (Å²) in [7, 11) is 7.07. The number of benzene rings is 2.